The molecule has 0 amide bonds. The third-order valence-corrected chi connectivity index (χ3v) is 5.44. The molecule has 0 aliphatic rings. The lowest BCUT2D eigenvalue weighted by atomic mass is 10.2. The maximum atomic E-state index is 12.8. The van der Waals surface area contributed by atoms with Crippen molar-refractivity contribution in [2.24, 2.45) is 0 Å². The van der Waals surface area contributed by atoms with Gasteiger partial charge in [-0.15, -0.1) is 10.2 Å². The van der Waals surface area contributed by atoms with Crippen LogP contribution < -0.4 is 5.56 Å². The number of thioether (sulfide) groups is 1. The number of para-hydroxylation sites is 1. The monoisotopic (exact) mass is 395 g/mol. The van der Waals surface area contributed by atoms with Gasteiger partial charge in [0, 0.05) is 24.4 Å². The van der Waals surface area contributed by atoms with Crippen molar-refractivity contribution in [2.45, 2.75) is 30.8 Å². The van der Waals surface area contributed by atoms with Crippen molar-refractivity contribution in [1.29, 1.82) is 0 Å². The average molecular weight is 395 g/mol. The zero-order valence-electron chi connectivity index (χ0n) is 15.1. The third kappa shape index (κ3) is 3.13. The number of fused-ring (bicyclic) bond motifs is 3. The van der Waals surface area contributed by atoms with Crippen molar-refractivity contribution < 1.29 is 4.92 Å². The summed E-state index contributed by atoms with van der Waals surface area (Å²) in [6.45, 7) is 2.58. The van der Waals surface area contributed by atoms with Crippen molar-refractivity contribution in [1.82, 2.24) is 19.2 Å². The molecule has 142 valence electrons. The molecule has 0 saturated heterocycles. The lowest BCUT2D eigenvalue weighted by molar-refractivity contribution is -0.384. The molecule has 4 aromatic rings. The van der Waals surface area contributed by atoms with Crippen LogP contribution >= 0.6 is 11.8 Å². The zero-order chi connectivity index (χ0) is 19.7. The number of benzene rings is 2. The Bertz CT molecular complexity index is 1230. The summed E-state index contributed by atoms with van der Waals surface area (Å²) in [5.74, 6) is 1.11. The number of nitro groups is 1. The molecule has 0 atom stereocenters. The first-order valence-electron chi connectivity index (χ1n) is 8.83. The highest BCUT2D eigenvalue weighted by molar-refractivity contribution is 7.98. The van der Waals surface area contributed by atoms with Gasteiger partial charge in [-0.3, -0.25) is 23.9 Å². The van der Waals surface area contributed by atoms with E-state index >= 15 is 0 Å². The van der Waals surface area contributed by atoms with Gasteiger partial charge in [-0.1, -0.05) is 43.0 Å². The molecule has 0 unspecified atom stereocenters. The van der Waals surface area contributed by atoms with Crippen LogP contribution in [-0.2, 0) is 12.3 Å². The van der Waals surface area contributed by atoms with E-state index in [1.54, 1.807) is 16.7 Å². The van der Waals surface area contributed by atoms with Crippen LogP contribution in [0.25, 0.3) is 16.7 Å². The van der Waals surface area contributed by atoms with Gasteiger partial charge in [0.2, 0.25) is 5.78 Å². The van der Waals surface area contributed by atoms with E-state index in [9.17, 15) is 14.9 Å². The summed E-state index contributed by atoms with van der Waals surface area (Å²) in [6.07, 6.45) is 0.812. The Hall–Kier alpha value is -3.20. The first-order chi connectivity index (χ1) is 13.6. The molecular formula is C19H17N5O3S. The molecule has 0 aliphatic heterocycles. The second kappa shape index (κ2) is 7.43. The fourth-order valence-electron chi connectivity index (χ4n) is 3.11. The minimum Gasteiger partial charge on any atom is -0.276 e. The number of non-ortho nitro benzene ring substituents is 1. The molecule has 2 aromatic heterocycles. The van der Waals surface area contributed by atoms with Gasteiger partial charge in [-0.2, -0.15) is 0 Å². The van der Waals surface area contributed by atoms with Crippen LogP contribution in [0.5, 0.6) is 0 Å². The van der Waals surface area contributed by atoms with Crippen LogP contribution in [0, 0.1) is 10.1 Å². The zero-order valence-corrected chi connectivity index (χ0v) is 15.9. The van der Waals surface area contributed by atoms with Crippen LogP contribution in [0.4, 0.5) is 5.69 Å². The normalized spacial score (nSPS) is 11.3. The summed E-state index contributed by atoms with van der Waals surface area (Å²) in [7, 11) is 0. The summed E-state index contributed by atoms with van der Waals surface area (Å²) < 4.78 is 3.56. The number of nitro benzene ring substituents is 1. The van der Waals surface area contributed by atoms with E-state index in [-0.39, 0.29) is 11.2 Å². The second-order valence-corrected chi connectivity index (χ2v) is 7.25. The predicted molar refractivity (Wildman–Crippen MR) is 108 cm³/mol. The van der Waals surface area contributed by atoms with Gasteiger partial charge in [-0.25, -0.2) is 0 Å². The molecule has 4 rings (SSSR count). The molecule has 0 fully saturated rings. The molecule has 0 aliphatic carbocycles. The molecule has 0 spiro atoms. The fourth-order valence-corrected chi connectivity index (χ4v) is 4.01. The van der Waals surface area contributed by atoms with Crippen molar-refractivity contribution in [3.05, 3.63) is 74.6 Å². The first-order valence-corrected chi connectivity index (χ1v) is 9.81. The largest absolute Gasteiger partial charge is 0.276 e. The van der Waals surface area contributed by atoms with Gasteiger partial charge < -0.3 is 0 Å². The first kappa shape index (κ1) is 18.2. The Morgan fingerprint density at radius 3 is 2.57 bits per heavy atom. The topological polar surface area (TPSA) is 95.3 Å². The molecular weight excluding hydrogens is 378 g/mol. The number of hydrogen-bond acceptors (Lipinski definition) is 6. The van der Waals surface area contributed by atoms with Crippen LogP contribution in [0.2, 0.25) is 0 Å². The van der Waals surface area contributed by atoms with Gasteiger partial charge in [0.15, 0.2) is 5.16 Å². The quantitative estimate of drug-likeness (QED) is 0.281. The van der Waals surface area contributed by atoms with Gasteiger partial charge >= 0.3 is 0 Å². The lowest BCUT2D eigenvalue weighted by Crippen LogP contribution is -2.23. The van der Waals surface area contributed by atoms with Crippen LogP contribution in [-0.4, -0.2) is 24.1 Å². The summed E-state index contributed by atoms with van der Waals surface area (Å²) in [4.78, 5) is 23.2. The number of nitrogens with zero attached hydrogens (tertiary/aromatic N) is 5. The summed E-state index contributed by atoms with van der Waals surface area (Å²) in [5.41, 5.74) is 1.71. The number of rotatable bonds is 6. The molecule has 0 bridgehead atoms. The second-order valence-electron chi connectivity index (χ2n) is 6.30. The van der Waals surface area contributed by atoms with Crippen LogP contribution in [0.1, 0.15) is 18.9 Å². The fraction of sp³-hybridized carbons (Fsp3) is 0.211. The van der Waals surface area contributed by atoms with E-state index in [4.69, 9.17) is 0 Å². The van der Waals surface area contributed by atoms with E-state index in [1.807, 2.05) is 35.6 Å². The predicted octanol–water partition coefficient (Wildman–Crippen LogP) is 3.65. The van der Waals surface area contributed by atoms with Gasteiger partial charge in [-0.05, 0) is 24.1 Å². The van der Waals surface area contributed by atoms with Crippen LogP contribution in [0.3, 0.4) is 0 Å². The number of aromatic nitrogens is 4. The van der Waals surface area contributed by atoms with E-state index in [1.165, 1.54) is 23.9 Å². The molecule has 9 heteroatoms. The molecule has 28 heavy (non-hydrogen) atoms. The Balaban J connectivity index is 1.76. The highest BCUT2D eigenvalue weighted by Gasteiger charge is 2.16. The summed E-state index contributed by atoms with van der Waals surface area (Å²) in [5, 5.41) is 20.7. The molecule has 0 saturated carbocycles. The third-order valence-electron chi connectivity index (χ3n) is 4.44. The van der Waals surface area contributed by atoms with E-state index in [0.29, 0.717) is 28.6 Å². The van der Waals surface area contributed by atoms with E-state index in [2.05, 4.69) is 10.2 Å². The molecule has 0 radical (unpaired) electrons. The highest BCUT2D eigenvalue weighted by Crippen LogP contribution is 2.25. The molecule has 2 heterocycles. The van der Waals surface area contributed by atoms with Gasteiger partial charge in [0.05, 0.1) is 15.8 Å². The maximum absolute atomic E-state index is 12.8. The minimum atomic E-state index is -0.415. The van der Waals surface area contributed by atoms with E-state index < -0.39 is 4.92 Å². The smallest absolute Gasteiger partial charge is 0.269 e. The van der Waals surface area contributed by atoms with Gasteiger partial charge in [0.1, 0.15) is 0 Å². The van der Waals surface area contributed by atoms with Crippen molar-refractivity contribution >= 4 is 34.1 Å². The molecule has 8 nitrogen and oxygen atoms in total. The number of aryl methyl sites for hydroxylation is 1. The SMILES string of the molecule is CCCn1c(=O)c2ccccc2n2c(SCc3ccc([N+](=O)[O-])cc3)nnc12. The molecule has 2 aromatic carbocycles. The lowest BCUT2D eigenvalue weighted by Gasteiger charge is -2.10. The Morgan fingerprint density at radius 1 is 1.11 bits per heavy atom. The Labute approximate surface area is 164 Å². The standard InChI is InChI=1S/C19H17N5O3S/c1-2-11-22-17(25)15-5-3-4-6-16(15)23-18(22)20-21-19(23)28-12-13-7-9-14(10-8-13)24(26)27/h3-10H,2,11-12H2,1H3. The van der Waals surface area contributed by atoms with Gasteiger partial charge in [0.25, 0.3) is 11.2 Å². The highest BCUT2D eigenvalue weighted by atomic mass is 32.2. The van der Waals surface area contributed by atoms with Crippen molar-refractivity contribution in [3.63, 3.8) is 0 Å². The van der Waals surface area contributed by atoms with E-state index in [0.717, 1.165) is 17.5 Å². The average Bonchev–Trinajstić information content (AvgIpc) is 3.14. The maximum Gasteiger partial charge on any atom is 0.269 e. The van der Waals surface area contributed by atoms with Crippen LogP contribution in [0.15, 0.2) is 58.5 Å². The Kier molecular flexibility index (Phi) is 4.82. The van der Waals surface area contributed by atoms with Crippen molar-refractivity contribution in [2.75, 3.05) is 0 Å². The van der Waals surface area contributed by atoms with Crippen molar-refractivity contribution in [3.8, 4) is 0 Å². The Morgan fingerprint density at radius 2 is 1.86 bits per heavy atom. The minimum absolute atomic E-state index is 0.0655. The number of hydrogen-bond donors (Lipinski definition) is 0. The summed E-state index contributed by atoms with van der Waals surface area (Å²) >= 11 is 1.48. The molecule has 0 N–H and O–H groups in total. The summed E-state index contributed by atoms with van der Waals surface area (Å²) in [6, 6.07) is 13.9.